The lowest BCUT2D eigenvalue weighted by molar-refractivity contribution is -0.129. The number of fused-ring (bicyclic) bond motifs is 1. The van der Waals surface area contributed by atoms with Crippen LogP contribution in [0.25, 0.3) is 0 Å². The van der Waals surface area contributed by atoms with E-state index in [4.69, 9.17) is 0 Å². The number of aromatic nitrogens is 2. The molecule has 3 aliphatic rings. The maximum Gasteiger partial charge on any atom is 0.274 e. The molecule has 7 nitrogen and oxygen atoms in total. The summed E-state index contributed by atoms with van der Waals surface area (Å²) in [6.07, 6.45) is 4.78. The summed E-state index contributed by atoms with van der Waals surface area (Å²) in [6.45, 7) is 7.65. The molecular formula is C18H27N5O2. The topological polar surface area (TPSA) is 61.7 Å². The SMILES string of the molecule is CC(=O)N1CCCn2nc(C(=O)N3CC(N4CCCCC4)C3)cc2C1. The maximum absolute atomic E-state index is 12.7. The summed E-state index contributed by atoms with van der Waals surface area (Å²) >= 11 is 0. The van der Waals surface area contributed by atoms with E-state index in [1.165, 1.54) is 32.4 Å². The minimum atomic E-state index is 0.0307. The number of aryl methyl sites for hydroxylation is 1. The Hall–Kier alpha value is -1.89. The van der Waals surface area contributed by atoms with E-state index in [1.54, 1.807) is 6.92 Å². The van der Waals surface area contributed by atoms with Crippen LogP contribution >= 0.6 is 0 Å². The smallest absolute Gasteiger partial charge is 0.274 e. The highest BCUT2D eigenvalue weighted by molar-refractivity contribution is 5.93. The Bertz CT molecular complexity index is 658. The molecule has 1 aromatic heterocycles. The molecule has 0 atom stereocenters. The molecule has 2 amide bonds. The predicted molar refractivity (Wildman–Crippen MR) is 93.1 cm³/mol. The van der Waals surface area contributed by atoms with Gasteiger partial charge < -0.3 is 9.80 Å². The van der Waals surface area contributed by atoms with E-state index >= 15 is 0 Å². The average molecular weight is 345 g/mol. The minimum Gasteiger partial charge on any atom is -0.337 e. The van der Waals surface area contributed by atoms with Crippen LogP contribution < -0.4 is 0 Å². The lowest BCUT2D eigenvalue weighted by Gasteiger charge is -2.46. The van der Waals surface area contributed by atoms with Crippen molar-refractivity contribution in [3.63, 3.8) is 0 Å². The van der Waals surface area contributed by atoms with Gasteiger partial charge in [0.1, 0.15) is 0 Å². The molecule has 2 fully saturated rings. The van der Waals surface area contributed by atoms with Crippen molar-refractivity contribution in [3.05, 3.63) is 17.5 Å². The summed E-state index contributed by atoms with van der Waals surface area (Å²) < 4.78 is 1.90. The number of piperidine rings is 1. The Morgan fingerprint density at radius 3 is 2.48 bits per heavy atom. The monoisotopic (exact) mass is 345 g/mol. The second-order valence-corrected chi connectivity index (χ2v) is 7.50. The lowest BCUT2D eigenvalue weighted by atomic mass is 10.0. The van der Waals surface area contributed by atoms with E-state index in [2.05, 4.69) is 10.00 Å². The molecule has 0 N–H and O–H groups in total. The molecule has 3 aliphatic heterocycles. The van der Waals surface area contributed by atoms with Gasteiger partial charge in [0.05, 0.1) is 12.2 Å². The fourth-order valence-electron chi connectivity index (χ4n) is 4.13. The van der Waals surface area contributed by atoms with Crippen molar-refractivity contribution >= 4 is 11.8 Å². The third-order valence-corrected chi connectivity index (χ3v) is 5.74. The third-order valence-electron chi connectivity index (χ3n) is 5.74. The summed E-state index contributed by atoms with van der Waals surface area (Å²) in [6, 6.07) is 2.40. The van der Waals surface area contributed by atoms with E-state index in [1.807, 2.05) is 20.5 Å². The van der Waals surface area contributed by atoms with Crippen LogP contribution in [-0.2, 0) is 17.9 Å². The first-order chi connectivity index (χ1) is 12.1. The van der Waals surface area contributed by atoms with E-state index in [-0.39, 0.29) is 11.8 Å². The van der Waals surface area contributed by atoms with Crippen LogP contribution in [-0.4, -0.2) is 75.1 Å². The van der Waals surface area contributed by atoms with Gasteiger partial charge in [-0.15, -0.1) is 0 Å². The Morgan fingerprint density at radius 1 is 1.00 bits per heavy atom. The first-order valence-corrected chi connectivity index (χ1v) is 9.47. The normalized spacial score (nSPS) is 22.3. The van der Waals surface area contributed by atoms with Crippen molar-refractivity contribution in [1.82, 2.24) is 24.5 Å². The summed E-state index contributed by atoms with van der Waals surface area (Å²) in [5, 5.41) is 4.52. The third kappa shape index (κ3) is 3.29. The zero-order valence-corrected chi connectivity index (χ0v) is 15.0. The lowest BCUT2D eigenvalue weighted by Crippen LogP contribution is -2.61. The summed E-state index contributed by atoms with van der Waals surface area (Å²) in [4.78, 5) is 30.7. The molecule has 0 saturated carbocycles. The van der Waals surface area contributed by atoms with Crippen molar-refractivity contribution in [2.75, 3.05) is 32.7 Å². The molecule has 4 rings (SSSR count). The van der Waals surface area contributed by atoms with Crippen molar-refractivity contribution in [3.8, 4) is 0 Å². The van der Waals surface area contributed by atoms with Crippen molar-refractivity contribution in [2.45, 2.75) is 51.7 Å². The number of hydrogen-bond acceptors (Lipinski definition) is 4. The number of rotatable bonds is 2. The second kappa shape index (κ2) is 6.78. The maximum atomic E-state index is 12.7. The summed E-state index contributed by atoms with van der Waals surface area (Å²) in [7, 11) is 0. The van der Waals surface area contributed by atoms with Gasteiger partial charge in [-0.1, -0.05) is 6.42 Å². The molecule has 2 saturated heterocycles. The van der Waals surface area contributed by atoms with Gasteiger partial charge in [-0.3, -0.25) is 19.2 Å². The molecule has 7 heteroatoms. The van der Waals surface area contributed by atoms with Gasteiger partial charge >= 0.3 is 0 Å². The second-order valence-electron chi connectivity index (χ2n) is 7.50. The summed E-state index contributed by atoms with van der Waals surface area (Å²) in [5.41, 5.74) is 1.49. The van der Waals surface area contributed by atoms with Gasteiger partial charge in [-0.05, 0) is 38.4 Å². The number of nitrogens with zero attached hydrogens (tertiary/aromatic N) is 5. The number of likely N-dealkylation sites (tertiary alicyclic amines) is 2. The fraction of sp³-hybridized carbons (Fsp3) is 0.722. The zero-order chi connectivity index (χ0) is 17.4. The highest BCUT2D eigenvalue weighted by Crippen LogP contribution is 2.22. The van der Waals surface area contributed by atoms with Crippen LogP contribution in [0.3, 0.4) is 0 Å². The molecule has 0 bridgehead atoms. The Kier molecular flexibility index (Phi) is 4.50. The molecule has 4 heterocycles. The molecule has 0 aliphatic carbocycles. The van der Waals surface area contributed by atoms with Crippen LogP contribution in [0.4, 0.5) is 0 Å². The summed E-state index contributed by atoms with van der Waals surface area (Å²) in [5.74, 6) is 0.109. The molecule has 0 unspecified atom stereocenters. The number of hydrogen-bond donors (Lipinski definition) is 0. The van der Waals surface area contributed by atoms with E-state index in [0.717, 1.165) is 38.3 Å². The quantitative estimate of drug-likeness (QED) is 0.801. The molecule has 1 aromatic rings. The van der Waals surface area contributed by atoms with Crippen molar-refractivity contribution in [1.29, 1.82) is 0 Å². The molecule has 25 heavy (non-hydrogen) atoms. The molecule has 0 spiro atoms. The number of carbonyl (C=O) groups is 2. The molecule has 0 radical (unpaired) electrons. The molecule has 136 valence electrons. The van der Waals surface area contributed by atoms with Gasteiger partial charge in [0, 0.05) is 39.1 Å². The minimum absolute atomic E-state index is 0.0307. The highest BCUT2D eigenvalue weighted by Gasteiger charge is 2.36. The largest absolute Gasteiger partial charge is 0.337 e. The van der Waals surface area contributed by atoms with Gasteiger partial charge in [-0.25, -0.2) is 0 Å². The van der Waals surface area contributed by atoms with E-state index in [9.17, 15) is 9.59 Å². The Morgan fingerprint density at radius 2 is 1.76 bits per heavy atom. The van der Waals surface area contributed by atoms with Gasteiger partial charge in [0.2, 0.25) is 5.91 Å². The van der Waals surface area contributed by atoms with Gasteiger partial charge in [-0.2, -0.15) is 5.10 Å². The van der Waals surface area contributed by atoms with Crippen LogP contribution in [0.2, 0.25) is 0 Å². The van der Waals surface area contributed by atoms with Crippen LogP contribution in [0, 0.1) is 0 Å². The molecule has 0 aromatic carbocycles. The fourth-order valence-corrected chi connectivity index (χ4v) is 4.13. The highest BCUT2D eigenvalue weighted by atomic mass is 16.2. The predicted octanol–water partition coefficient (Wildman–Crippen LogP) is 0.946. The Labute approximate surface area is 148 Å². The van der Waals surface area contributed by atoms with E-state index < -0.39 is 0 Å². The number of amides is 2. The van der Waals surface area contributed by atoms with Gasteiger partial charge in [0.15, 0.2) is 5.69 Å². The Balaban J connectivity index is 1.39. The van der Waals surface area contributed by atoms with Gasteiger partial charge in [0.25, 0.3) is 5.91 Å². The first-order valence-electron chi connectivity index (χ1n) is 9.47. The average Bonchev–Trinajstić information content (AvgIpc) is 2.86. The number of carbonyl (C=O) groups excluding carboxylic acids is 2. The van der Waals surface area contributed by atoms with Crippen LogP contribution in [0.5, 0.6) is 0 Å². The first kappa shape index (κ1) is 16.6. The zero-order valence-electron chi connectivity index (χ0n) is 15.0. The van der Waals surface area contributed by atoms with E-state index in [0.29, 0.717) is 18.3 Å². The van der Waals surface area contributed by atoms with Crippen molar-refractivity contribution in [2.24, 2.45) is 0 Å². The molecular weight excluding hydrogens is 318 g/mol. The van der Waals surface area contributed by atoms with Crippen LogP contribution in [0.1, 0.15) is 48.8 Å². The standard InChI is InChI=1S/C18H27N5O2/c1-14(24)21-8-5-9-23-15(11-21)10-17(19-23)18(25)22-12-16(13-22)20-6-3-2-4-7-20/h10,16H,2-9,11-13H2,1H3. The van der Waals surface area contributed by atoms with Crippen molar-refractivity contribution < 1.29 is 9.59 Å². The van der Waals surface area contributed by atoms with Crippen LogP contribution in [0.15, 0.2) is 6.07 Å².